The standard InChI is InChI=1S/C26H25N3O2/c1-4-31-23-8-6-5-7-21(23)27-25(30)14-13-22-26(20-11-9-18(2)10-12-20)28-24-17-19(3)15-16-29(22)24/h5-17H,4H2,1-3H3,(H,27,30)/b14-13+. The van der Waals surface area contributed by atoms with Gasteiger partial charge >= 0.3 is 0 Å². The summed E-state index contributed by atoms with van der Waals surface area (Å²) in [5.41, 5.74) is 6.51. The summed E-state index contributed by atoms with van der Waals surface area (Å²) >= 11 is 0. The molecule has 4 aromatic rings. The van der Waals surface area contributed by atoms with Crippen LogP contribution in [0.25, 0.3) is 23.0 Å². The third kappa shape index (κ3) is 4.51. The molecule has 156 valence electrons. The summed E-state index contributed by atoms with van der Waals surface area (Å²) in [6.45, 7) is 6.54. The number of imidazole rings is 1. The van der Waals surface area contributed by atoms with Gasteiger partial charge in [-0.3, -0.25) is 9.20 Å². The van der Waals surface area contributed by atoms with Crippen LogP contribution in [0.3, 0.4) is 0 Å². The number of fused-ring (bicyclic) bond motifs is 1. The Balaban J connectivity index is 1.68. The number of nitrogens with one attached hydrogen (secondary N) is 1. The Kier molecular flexibility index (Phi) is 5.85. The zero-order chi connectivity index (χ0) is 21.8. The van der Waals surface area contributed by atoms with E-state index in [1.54, 1.807) is 0 Å². The van der Waals surface area contributed by atoms with E-state index in [0.717, 1.165) is 28.2 Å². The fraction of sp³-hybridized carbons (Fsp3) is 0.154. The number of ether oxygens (including phenoxy) is 1. The predicted octanol–water partition coefficient (Wildman–Crippen LogP) is 5.67. The van der Waals surface area contributed by atoms with Gasteiger partial charge in [-0.2, -0.15) is 0 Å². The van der Waals surface area contributed by atoms with Gasteiger partial charge in [0.2, 0.25) is 5.91 Å². The number of aromatic nitrogens is 2. The van der Waals surface area contributed by atoms with E-state index < -0.39 is 0 Å². The summed E-state index contributed by atoms with van der Waals surface area (Å²) in [5.74, 6) is 0.418. The smallest absolute Gasteiger partial charge is 0.248 e. The van der Waals surface area contributed by atoms with Crippen LogP contribution in [0.2, 0.25) is 0 Å². The van der Waals surface area contributed by atoms with Crippen molar-refractivity contribution >= 4 is 23.3 Å². The van der Waals surface area contributed by atoms with Crippen molar-refractivity contribution in [3.8, 4) is 17.0 Å². The van der Waals surface area contributed by atoms with Crippen molar-refractivity contribution in [2.24, 2.45) is 0 Å². The van der Waals surface area contributed by atoms with Gasteiger partial charge in [-0.25, -0.2) is 4.98 Å². The molecule has 4 rings (SSSR count). The van der Waals surface area contributed by atoms with Crippen molar-refractivity contribution in [1.82, 2.24) is 9.38 Å². The largest absolute Gasteiger partial charge is 0.492 e. The summed E-state index contributed by atoms with van der Waals surface area (Å²) < 4.78 is 7.59. The highest BCUT2D eigenvalue weighted by atomic mass is 16.5. The van der Waals surface area contributed by atoms with Crippen LogP contribution in [0.15, 0.2) is 72.9 Å². The lowest BCUT2D eigenvalue weighted by Gasteiger charge is -2.09. The minimum absolute atomic E-state index is 0.232. The first-order valence-corrected chi connectivity index (χ1v) is 10.3. The molecule has 0 aliphatic heterocycles. The van der Waals surface area contributed by atoms with Gasteiger partial charge in [0.15, 0.2) is 0 Å². The molecule has 0 unspecified atom stereocenters. The van der Waals surface area contributed by atoms with E-state index in [1.165, 1.54) is 11.6 Å². The Morgan fingerprint density at radius 2 is 1.84 bits per heavy atom. The number of benzene rings is 2. The average molecular weight is 412 g/mol. The molecule has 2 heterocycles. The zero-order valence-electron chi connectivity index (χ0n) is 17.9. The molecule has 0 bridgehead atoms. The normalized spacial score (nSPS) is 11.2. The first-order chi connectivity index (χ1) is 15.0. The number of rotatable bonds is 6. The summed E-state index contributed by atoms with van der Waals surface area (Å²) in [4.78, 5) is 17.5. The fourth-order valence-corrected chi connectivity index (χ4v) is 3.43. The lowest BCUT2D eigenvalue weighted by atomic mass is 10.1. The minimum Gasteiger partial charge on any atom is -0.492 e. The second-order valence-electron chi connectivity index (χ2n) is 7.40. The van der Waals surface area contributed by atoms with E-state index in [4.69, 9.17) is 9.72 Å². The maximum absolute atomic E-state index is 12.7. The molecule has 5 heteroatoms. The quantitative estimate of drug-likeness (QED) is 0.416. The van der Waals surface area contributed by atoms with Gasteiger partial charge in [-0.1, -0.05) is 42.0 Å². The zero-order valence-corrected chi connectivity index (χ0v) is 17.9. The highest BCUT2D eigenvalue weighted by Crippen LogP contribution is 2.27. The maximum Gasteiger partial charge on any atom is 0.248 e. The number of hydrogen-bond donors (Lipinski definition) is 1. The Labute approximate surface area is 182 Å². The number of aryl methyl sites for hydroxylation is 2. The molecule has 0 aliphatic rings. The number of nitrogens with zero attached hydrogens (tertiary/aromatic N) is 2. The molecule has 0 atom stereocenters. The Morgan fingerprint density at radius 3 is 2.61 bits per heavy atom. The molecule has 0 saturated carbocycles. The summed E-state index contributed by atoms with van der Waals surface area (Å²) in [6, 6.07) is 19.7. The van der Waals surface area contributed by atoms with E-state index in [0.29, 0.717) is 18.0 Å². The van der Waals surface area contributed by atoms with E-state index in [1.807, 2.05) is 66.9 Å². The highest BCUT2D eigenvalue weighted by Gasteiger charge is 2.13. The van der Waals surface area contributed by atoms with Crippen molar-refractivity contribution in [1.29, 1.82) is 0 Å². The van der Waals surface area contributed by atoms with Crippen molar-refractivity contribution in [3.63, 3.8) is 0 Å². The van der Waals surface area contributed by atoms with Crippen molar-refractivity contribution in [2.75, 3.05) is 11.9 Å². The van der Waals surface area contributed by atoms with E-state index in [9.17, 15) is 4.79 Å². The maximum atomic E-state index is 12.7. The van der Waals surface area contributed by atoms with Crippen LogP contribution in [0.1, 0.15) is 23.7 Å². The molecular formula is C26H25N3O2. The lowest BCUT2D eigenvalue weighted by Crippen LogP contribution is -2.09. The third-order valence-corrected chi connectivity index (χ3v) is 4.98. The number of para-hydroxylation sites is 2. The topological polar surface area (TPSA) is 55.6 Å². The van der Waals surface area contributed by atoms with Crippen LogP contribution in [0, 0.1) is 13.8 Å². The van der Waals surface area contributed by atoms with Crippen LogP contribution >= 0.6 is 0 Å². The monoisotopic (exact) mass is 411 g/mol. The molecular weight excluding hydrogens is 386 g/mol. The molecule has 31 heavy (non-hydrogen) atoms. The molecule has 0 saturated heterocycles. The van der Waals surface area contributed by atoms with Crippen molar-refractivity contribution in [3.05, 3.63) is 89.8 Å². The van der Waals surface area contributed by atoms with Gasteiger partial charge in [0.25, 0.3) is 0 Å². The van der Waals surface area contributed by atoms with Gasteiger partial charge in [-0.05, 0) is 56.7 Å². The number of pyridine rings is 1. The van der Waals surface area contributed by atoms with E-state index in [-0.39, 0.29) is 5.91 Å². The minimum atomic E-state index is -0.232. The van der Waals surface area contributed by atoms with Crippen LogP contribution in [0.5, 0.6) is 5.75 Å². The van der Waals surface area contributed by atoms with Gasteiger partial charge in [0.05, 0.1) is 23.7 Å². The van der Waals surface area contributed by atoms with Crippen LogP contribution in [0.4, 0.5) is 5.69 Å². The SMILES string of the molecule is CCOc1ccccc1NC(=O)/C=C/c1c(-c2ccc(C)cc2)nc2cc(C)ccn12. The fourth-order valence-electron chi connectivity index (χ4n) is 3.43. The first kappa shape index (κ1) is 20.4. The number of carbonyl (C=O) groups is 1. The molecule has 0 radical (unpaired) electrons. The summed E-state index contributed by atoms with van der Waals surface area (Å²) in [6.07, 6.45) is 5.32. The molecule has 0 fully saturated rings. The number of hydrogen-bond acceptors (Lipinski definition) is 3. The third-order valence-electron chi connectivity index (χ3n) is 4.98. The lowest BCUT2D eigenvalue weighted by molar-refractivity contribution is -0.111. The Morgan fingerprint density at radius 1 is 1.06 bits per heavy atom. The average Bonchev–Trinajstić information content (AvgIpc) is 3.12. The second kappa shape index (κ2) is 8.88. The van der Waals surface area contributed by atoms with Crippen molar-refractivity contribution in [2.45, 2.75) is 20.8 Å². The molecule has 0 spiro atoms. The van der Waals surface area contributed by atoms with Gasteiger partial charge in [0, 0.05) is 17.8 Å². The molecule has 5 nitrogen and oxygen atoms in total. The van der Waals surface area contributed by atoms with Crippen molar-refractivity contribution < 1.29 is 9.53 Å². The predicted molar refractivity (Wildman–Crippen MR) is 125 cm³/mol. The van der Waals surface area contributed by atoms with Gasteiger partial charge in [0.1, 0.15) is 11.4 Å². The molecule has 2 aromatic carbocycles. The molecule has 0 aliphatic carbocycles. The Bertz CT molecular complexity index is 1250. The number of carbonyl (C=O) groups excluding carboxylic acids is 1. The number of amides is 1. The van der Waals surface area contributed by atoms with Gasteiger partial charge < -0.3 is 10.1 Å². The summed E-state index contributed by atoms with van der Waals surface area (Å²) in [5, 5.41) is 2.90. The molecule has 2 aromatic heterocycles. The molecule has 1 amide bonds. The van der Waals surface area contributed by atoms with Crippen LogP contribution in [-0.2, 0) is 4.79 Å². The van der Waals surface area contributed by atoms with Crippen LogP contribution < -0.4 is 10.1 Å². The second-order valence-corrected chi connectivity index (χ2v) is 7.40. The van der Waals surface area contributed by atoms with Gasteiger partial charge in [-0.15, -0.1) is 0 Å². The number of anilines is 1. The highest BCUT2D eigenvalue weighted by molar-refractivity contribution is 6.03. The summed E-state index contributed by atoms with van der Waals surface area (Å²) in [7, 11) is 0. The first-order valence-electron chi connectivity index (χ1n) is 10.3. The van der Waals surface area contributed by atoms with E-state index >= 15 is 0 Å². The Hall–Kier alpha value is -3.86. The van der Waals surface area contributed by atoms with Crippen LogP contribution in [-0.4, -0.2) is 21.9 Å². The molecule has 1 N–H and O–H groups in total. The van der Waals surface area contributed by atoms with E-state index in [2.05, 4.69) is 36.5 Å².